The molecule has 0 aliphatic heterocycles. The van der Waals surface area contributed by atoms with Gasteiger partial charge in [0.2, 0.25) is 0 Å². The quantitative estimate of drug-likeness (QED) is 0.244. The van der Waals surface area contributed by atoms with Crippen LogP contribution in [0.15, 0.2) is 65.7 Å². The van der Waals surface area contributed by atoms with Crippen molar-refractivity contribution < 1.29 is 4.92 Å². The highest BCUT2D eigenvalue weighted by Crippen LogP contribution is 2.30. The summed E-state index contributed by atoms with van der Waals surface area (Å²) in [6.45, 7) is 3.03. The number of nitrogens with zero attached hydrogens (tertiary/aromatic N) is 3. The van der Waals surface area contributed by atoms with Gasteiger partial charge >= 0.3 is 0 Å². The van der Waals surface area contributed by atoms with Gasteiger partial charge in [-0.1, -0.05) is 35.9 Å². The lowest BCUT2D eigenvalue weighted by Crippen LogP contribution is -1.92. The largest absolute Gasteiger partial charge is 0.341 e. The van der Waals surface area contributed by atoms with Gasteiger partial charge in [-0.25, -0.2) is 0 Å². The van der Waals surface area contributed by atoms with Crippen LogP contribution in [0.5, 0.6) is 0 Å². The normalized spacial score (nSPS) is 11.6. The fraction of sp³-hybridized carbons (Fsp3) is 0.0952. The molecule has 0 atom stereocenters. The van der Waals surface area contributed by atoms with Gasteiger partial charge in [-0.2, -0.15) is 0 Å². The summed E-state index contributed by atoms with van der Waals surface area (Å²) in [4.78, 5) is 14.9. The predicted octanol–water partition coefficient (Wildman–Crippen LogP) is 6.13. The molecule has 0 saturated carbocycles. The SMILES string of the molecule is CCn1c2ccccc2c2cc(C=Nc3ccc(Cl)c([N+](=O)[O-])c3)ccc21. The fourth-order valence-electron chi connectivity index (χ4n) is 3.36. The van der Waals surface area contributed by atoms with E-state index in [0.29, 0.717) is 5.69 Å². The van der Waals surface area contributed by atoms with Gasteiger partial charge in [0.1, 0.15) is 5.02 Å². The van der Waals surface area contributed by atoms with Crippen LogP contribution < -0.4 is 0 Å². The molecule has 0 aliphatic carbocycles. The molecule has 6 heteroatoms. The maximum atomic E-state index is 11.0. The molecule has 4 aromatic rings. The molecule has 0 radical (unpaired) electrons. The Bertz CT molecular complexity index is 1210. The second-order valence-corrected chi connectivity index (χ2v) is 6.60. The number of aliphatic imine (C=N–C) groups is 1. The summed E-state index contributed by atoms with van der Waals surface area (Å²) >= 11 is 5.85. The Hall–Kier alpha value is -3.18. The lowest BCUT2D eigenvalue weighted by molar-refractivity contribution is -0.384. The zero-order valence-electron chi connectivity index (χ0n) is 14.6. The van der Waals surface area contributed by atoms with Crippen molar-refractivity contribution in [1.82, 2.24) is 4.57 Å². The molecule has 0 amide bonds. The molecule has 0 saturated heterocycles. The van der Waals surface area contributed by atoms with Crippen LogP contribution in [0.25, 0.3) is 21.8 Å². The summed E-state index contributed by atoms with van der Waals surface area (Å²) in [5.41, 5.74) is 3.66. The molecule has 1 heterocycles. The molecule has 134 valence electrons. The number of nitro benzene ring substituents is 1. The van der Waals surface area contributed by atoms with Crippen molar-refractivity contribution in [2.75, 3.05) is 0 Å². The lowest BCUT2D eigenvalue weighted by Gasteiger charge is -2.02. The number of fused-ring (bicyclic) bond motifs is 3. The average molecular weight is 378 g/mol. The molecule has 0 fully saturated rings. The zero-order valence-corrected chi connectivity index (χ0v) is 15.3. The minimum absolute atomic E-state index is 0.104. The Labute approximate surface area is 160 Å². The van der Waals surface area contributed by atoms with Gasteiger partial charge in [0.05, 0.1) is 10.6 Å². The van der Waals surface area contributed by atoms with Crippen LogP contribution in [0.1, 0.15) is 12.5 Å². The van der Waals surface area contributed by atoms with Gasteiger partial charge in [-0.05, 0) is 42.8 Å². The van der Waals surface area contributed by atoms with Gasteiger partial charge in [0.15, 0.2) is 0 Å². The van der Waals surface area contributed by atoms with E-state index >= 15 is 0 Å². The molecule has 0 spiro atoms. The minimum Gasteiger partial charge on any atom is -0.341 e. The molecule has 0 N–H and O–H groups in total. The van der Waals surface area contributed by atoms with Crippen LogP contribution in [-0.4, -0.2) is 15.7 Å². The highest BCUT2D eigenvalue weighted by Gasteiger charge is 2.12. The first-order chi connectivity index (χ1) is 13.1. The summed E-state index contributed by atoms with van der Waals surface area (Å²) in [7, 11) is 0. The molecule has 0 unspecified atom stereocenters. The molecule has 0 bridgehead atoms. The zero-order chi connectivity index (χ0) is 19.0. The van der Waals surface area contributed by atoms with Crippen LogP contribution in [0, 0.1) is 10.1 Å². The van der Waals surface area contributed by atoms with Gasteiger partial charge in [0.25, 0.3) is 5.69 Å². The molecule has 4 rings (SSSR count). The highest BCUT2D eigenvalue weighted by atomic mass is 35.5. The lowest BCUT2D eigenvalue weighted by atomic mass is 10.1. The molecule has 5 nitrogen and oxygen atoms in total. The smallest absolute Gasteiger partial charge is 0.290 e. The van der Waals surface area contributed by atoms with Crippen molar-refractivity contribution >= 4 is 51.0 Å². The molecular weight excluding hydrogens is 362 g/mol. The molecule has 27 heavy (non-hydrogen) atoms. The summed E-state index contributed by atoms with van der Waals surface area (Å²) < 4.78 is 2.29. The molecule has 3 aromatic carbocycles. The summed E-state index contributed by atoms with van der Waals surface area (Å²) in [6, 6.07) is 19.0. The number of benzene rings is 3. The van der Waals surface area contributed by atoms with Crippen molar-refractivity contribution in [3.05, 3.63) is 81.4 Å². The number of rotatable bonds is 4. The Morgan fingerprint density at radius 2 is 1.85 bits per heavy atom. The van der Waals surface area contributed by atoms with Crippen LogP contribution in [0.3, 0.4) is 0 Å². The first-order valence-electron chi connectivity index (χ1n) is 8.57. The third-order valence-electron chi connectivity index (χ3n) is 4.60. The van der Waals surface area contributed by atoms with Crippen LogP contribution >= 0.6 is 11.6 Å². The number of para-hydroxylation sites is 1. The van der Waals surface area contributed by atoms with Crippen molar-refractivity contribution in [2.45, 2.75) is 13.5 Å². The van der Waals surface area contributed by atoms with E-state index in [2.05, 4.69) is 40.7 Å². The van der Waals surface area contributed by atoms with Crippen molar-refractivity contribution in [3.63, 3.8) is 0 Å². The van der Waals surface area contributed by atoms with Gasteiger partial charge in [-0.3, -0.25) is 15.1 Å². The monoisotopic (exact) mass is 377 g/mol. The van der Waals surface area contributed by atoms with Gasteiger partial charge in [0, 0.05) is 40.6 Å². The topological polar surface area (TPSA) is 60.4 Å². The van der Waals surface area contributed by atoms with Crippen LogP contribution in [0.2, 0.25) is 5.02 Å². The summed E-state index contributed by atoms with van der Waals surface area (Å²) in [5.74, 6) is 0. The first kappa shape index (κ1) is 17.2. The fourth-order valence-corrected chi connectivity index (χ4v) is 3.55. The number of halogens is 1. The van der Waals surface area contributed by atoms with Crippen LogP contribution in [0.4, 0.5) is 11.4 Å². The second-order valence-electron chi connectivity index (χ2n) is 6.19. The predicted molar refractivity (Wildman–Crippen MR) is 110 cm³/mol. The van der Waals surface area contributed by atoms with Gasteiger partial charge in [-0.15, -0.1) is 0 Å². The Morgan fingerprint density at radius 3 is 2.63 bits per heavy atom. The Kier molecular flexibility index (Phi) is 4.38. The van der Waals surface area contributed by atoms with E-state index in [0.717, 1.165) is 12.1 Å². The summed E-state index contributed by atoms with van der Waals surface area (Å²) in [6.07, 6.45) is 1.71. The second kappa shape index (κ2) is 6.85. The number of hydrogen-bond donors (Lipinski definition) is 0. The molecule has 1 aromatic heterocycles. The molecular formula is C21H16ClN3O2. The first-order valence-corrected chi connectivity index (χ1v) is 8.95. The maximum Gasteiger partial charge on any atom is 0.290 e. The van der Waals surface area contributed by atoms with E-state index in [1.54, 1.807) is 12.3 Å². The molecule has 0 aliphatic rings. The number of hydrogen-bond acceptors (Lipinski definition) is 3. The van der Waals surface area contributed by atoms with E-state index < -0.39 is 4.92 Å². The van der Waals surface area contributed by atoms with Crippen molar-refractivity contribution in [3.8, 4) is 0 Å². The minimum atomic E-state index is -0.507. The van der Waals surface area contributed by atoms with Gasteiger partial charge < -0.3 is 4.57 Å². The third kappa shape index (κ3) is 3.06. The third-order valence-corrected chi connectivity index (χ3v) is 4.92. The highest BCUT2D eigenvalue weighted by molar-refractivity contribution is 6.32. The van der Waals surface area contributed by atoms with E-state index in [9.17, 15) is 10.1 Å². The van der Waals surface area contributed by atoms with Crippen molar-refractivity contribution in [2.24, 2.45) is 4.99 Å². The number of aromatic nitrogens is 1. The van der Waals surface area contributed by atoms with Crippen molar-refractivity contribution in [1.29, 1.82) is 0 Å². The van der Waals surface area contributed by atoms with E-state index in [-0.39, 0.29) is 10.7 Å². The summed E-state index contributed by atoms with van der Waals surface area (Å²) in [5, 5.41) is 13.5. The van der Waals surface area contributed by atoms with E-state index in [1.807, 2.05) is 18.2 Å². The Balaban J connectivity index is 1.77. The average Bonchev–Trinajstić information content (AvgIpc) is 3.00. The number of aryl methyl sites for hydroxylation is 1. The Morgan fingerprint density at radius 1 is 1.07 bits per heavy atom. The number of nitro groups is 1. The van der Waals surface area contributed by atoms with Crippen LogP contribution in [-0.2, 0) is 6.54 Å². The standard InChI is InChI=1S/C21H16ClN3O2/c1-2-24-19-6-4-3-5-16(19)17-11-14(7-10-20(17)24)13-23-15-8-9-18(22)21(12-15)25(26)27/h3-13H,2H2,1H3. The van der Waals surface area contributed by atoms with E-state index in [4.69, 9.17) is 11.6 Å². The van der Waals surface area contributed by atoms with E-state index in [1.165, 1.54) is 33.9 Å². The maximum absolute atomic E-state index is 11.0.